The molecule has 0 spiro atoms. The van der Waals surface area contributed by atoms with E-state index in [2.05, 4.69) is 37.5 Å². The third kappa shape index (κ3) is 5.03. The van der Waals surface area contributed by atoms with Crippen LogP contribution in [0.2, 0.25) is 5.02 Å². The molecule has 1 aromatic carbocycles. The number of hydrogen-bond donors (Lipinski definition) is 3. The summed E-state index contributed by atoms with van der Waals surface area (Å²) in [6, 6.07) is 7.38. The van der Waals surface area contributed by atoms with E-state index in [0.29, 0.717) is 39.6 Å². The largest absolute Gasteiger partial charge is 0.495 e. The van der Waals surface area contributed by atoms with Gasteiger partial charge in [0, 0.05) is 6.07 Å². The molecular formula is C21H21ClN6O2. The minimum Gasteiger partial charge on any atom is -0.495 e. The predicted octanol–water partition coefficient (Wildman–Crippen LogP) is 4.76. The molecule has 0 saturated heterocycles. The summed E-state index contributed by atoms with van der Waals surface area (Å²) in [5.41, 5.74) is 3.66. The number of carbonyl (C=O) groups excluding carboxylic acids is 1. The number of pyridine rings is 1. The third-order valence-corrected chi connectivity index (χ3v) is 4.44. The van der Waals surface area contributed by atoms with Crippen molar-refractivity contribution in [2.75, 3.05) is 23.1 Å². The number of aromatic nitrogens is 3. The zero-order valence-corrected chi connectivity index (χ0v) is 17.5. The zero-order valence-electron chi connectivity index (χ0n) is 16.8. The summed E-state index contributed by atoms with van der Waals surface area (Å²) in [6.45, 7) is 7.27. The summed E-state index contributed by atoms with van der Waals surface area (Å²) in [6.07, 6.45) is 4.32. The van der Waals surface area contributed by atoms with Crippen molar-refractivity contribution in [2.24, 2.45) is 0 Å². The molecule has 2 aromatic heterocycles. The van der Waals surface area contributed by atoms with Crippen LogP contribution >= 0.6 is 11.6 Å². The summed E-state index contributed by atoms with van der Waals surface area (Å²) < 4.78 is 5.21. The molecule has 8 nitrogen and oxygen atoms in total. The van der Waals surface area contributed by atoms with E-state index in [-0.39, 0.29) is 5.91 Å². The molecule has 30 heavy (non-hydrogen) atoms. The number of halogens is 1. The topological polar surface area (TPSA) is 101 Å². The lowest BCUT2D eigenvalue weighted by molar-refractivity contribution is -0.111. The first-order chi connectivity index (χ1) is 14.4. The fourth-order valence-corrected chi connectivity index (χ4v) is 2.71. The van der Waals surface area contributed by atoms with Crippen LogP contribution < -0.4 is 20.7 Å². The van der Waals surface area contributed by atoms with E-state index in [1.54, 1.807) is 19.4 Å². The first kappa shape index (κ1) is 21.1. The molecule has 3 rings (SSSR count). The smallest absolute Gasteiger partial charge is 0.247 e. The summed E-state index contributed by atoms with van der Waals surface area (Å²) in [4.78, 5) is 24.7. The molecule has 0 aliphatic heterocycles. The van der Waals surface area contributed by atoms with Crippen molar-refractivity contribution in [3.05, 3.63) is 65.6 Å². The Kier molecular flexibility index (Phi) is 6.48. The molecular weight excluding hydrogens is 404 g/mol. The highest BCUT2D eigenvalue weighted by Gasteiger charge is 2.12. The van der Waals surface area contributed by atoms with Crippen molar-refractivity contribution >= 4 is 46.3 Å². The average molecular weight is 425 g/mol. The standard InChI is InChI=1S/C21H21ClN6O2/c1-5-19(29)25-18-8-12(2)6-7-16(18)26-20-15(22)11-24-21(28-20)27-17-9-14(30-4)10-23-13(17)3/h5-11H,1H2,2-4H3,(H,25,29)(H2,24,26,27,28). The van der Waals surface area contributed by atoms with Gasteiger partial charge in [-0.3, -0.25) is 9.78 Å². The summed E-state index contributed by atoms with van der Waals surface area (Å²) in [5.74, 6) is 0.989. The van der Waals surface area contributed by atoms with Crippen LogP contribution in [0.1, 0.15) is 11.3 Å². The van der Waals surface area contributed by atoms with Gasteiger partial charge in [0.05, 0.1) is 42.3 Å². The zero-order chi connectivity index (χ0) is 21.7. The van der Waals surface area contributed by atoms with Crippen LogP contribution in [-0.4, -0.2) is 28.0 Å². The molecule has 0 bridgehead atoms. The van der Waals surface area contributed by atoms with Gasteiger partial charge in [-0.25, -0.2) is 4.98 Å². The van der Waals surface area contributed by atoms with E-state index in [0.717, 1.165) is 11.3 Å². The Morgan fingerprint density at radius 2 is 1.90 bits per heavy atom. The molecule has 3 N–H and O–H groups in total. The molecule has 154 valence electrons. The van der Waals surface area contributed by atoms with Crippen LogP contribution in [0.15, 0.2) is 49.3 Å². The summed E-state index contributed by atoms with van der Waals surface area (Å²) in [7, 11) is 1.57. The summed E-state index contributed by atoms with van der Waals surface area (Å²) >= 11 is 6.29. The van der Waals surface area contributed by atoms with Gasteiger partial charge in [0.15, 0.2) is 5.82 Å². The van der Waals surface area contributed by atoms with Gasteiger partial charge in [-0.15, -0.1) is 0 Å². The Labute approximate surface area is 179 Å². The maximum absolute atomic E-state index is 11.8. The number of benzene rings is 1. The third-order valence-electron chi connectivity index (χ3n) is 4.16. The number of aryl methyl sites for hydroxylation is 2. The number of rotatable bonds is 7. The average Bonchev–Trinajstić information content (AvgIpc) is 2.73. The number of anilines is 5. The maximum atomic E-state index is 11.8. The maximum Gasteiger partial charge on any atom is 0.247 e. The Morgan fingerprint density at radius 3 is 2.63 bits per heavy atom. The molecule has 0 aliphatic rings. The number of hydrogen-bond acceptors (Lipinski definition) is 7. The molecule has 1 amide bonds. The van der Waals surface area contributed by atoms with Crippen molar-refractivity contribution < 1.29 is 9.53 Å². The monoisotopic (exact) mass is 424 g/mol. The molecule has 3 aromatic rings. The Morgan fingerprint density at radius 1 is 1.10 bits per heavy atom. The van der Waals surface area contributed by atoms with Gasteiger partial charge in [0.2, 0.25) is 11.9 Å². The molecule has 0 atom stereocenters. The van der Waals surface area contributed by atoms with Crippen molar-refractivity contribution in [2.45, 2.75) is 13.8 Å². The predicted molar refractivity (Wildman–Crippen MR) is 119 cm³/mol. The molecule has 0 unspecified atom stereocenters. The highest BCUT2D eigenvalue weighted by molar-refractivity contribution is 6.33. The van der Waals surface area contributed by atoms with Gasteiger partial charge in [-0.1, -0.05) is 24.2 Å². The van der Waals surface area contributed by atoms with Crippen LogP contribution in [0.3, 0.4) is 0 Å². The number of methoxy groups -OCH3 is 1. The second kappa shape index (κ2) is 9.23. The minimum atomic E-state index is -0.319. The van der Waals surface area contributed by atoms with Crippen molar-refractivity contribution in [1.82, 2.24) is 15.0 Å². The van der Waals surface area contributed by atoms with Gasteiger partial charge in [-0.05, 0) is 37.6 Å². The van der Waals surface area contributed by atoms with Crippen molar-refractivity contribution in [3.8, 4) is 5.75 Å². The van der Waals surface area contributed by atoms with Gasteiger partial charge >= 0.3 is 0 Å². The van der Waals surface area contributed by atoms with Gasteiger partial charge in [0.1, 0.15) is 10.8 Å². The highest BCUT2D eigenvalue weighted by atomic mass is 35.5. The van der Waals surface area contributed by atoms with Crippen LogP contribution in [0, 0.1) is 13.8 Å². The van der Waals surface area contributed by atoms with Crippen LogP contribution in [-0.2, 0) is 4.79 Å². The van der Waals surface area contributed by atoms with Crippen LogP contribution in [0.5, 0.6) is 5.75 Å². The fourth-order valence-electron chi connectivity index (χ4n) is 2.57. The van der Waals surface area contributed by atoms with Crippen LogP contribution in [0.4, 0.5) is 28.8 Å². The van der Waals surface area contributed by atoms with E-state index in [4.69, 9.17) is 16.3 Å². The van der Waals surface area contributed by atoms with E-state index >= 15 is 0 Å². The second-order valence-corrected chi connectivity index (χ2v) is 6.80. The van der Waals surface area contributed by atoms with Gasteiger partial charge in [-0.2, -0.15) is 4.98 Å². The first-order valence-electron chi connectivity index (χ1n) is 9.01. The molecule has 0 saturated carbocycles. The molecule has 9 heteroatoms. The molecule has 0 fully saturated rings. The second-order valence-electron chi connectivity index (χ2n) is 6.39. The number of carbonyl (C=O) groups is 1. The summed E-state index contributed by atoms with van der Waals surface area (Å²) in [5, 5.41) is 9.36. The van der Waals surface area contributed by atoms with E-state index in [9.17, 15) is 4.79 Å². The lowest BCUT2D eigenvalue weighted by Gasteiger charge is -2.15. The number of amides is 1. The first-order valence-corrected chi connectivity index (χ1v) is 9.38. The van der Waals surface area contributed by atoms with Gasteiger partial charge in [0.25, 0.3) is 0 Å². The van der Waals surface area contributed by atoms with E-state index < -0.39 is 0 Å². The van der Waals surface area contributed by atoms with Crippen molar-refractivity contribution in [3.63, 3.8) is 0 Å². The van der Waals surface area contributed by atoms with E-state index in [1.807, 2.05) is 32.0 Å². The number of ether oxygens (including phenoxy) is 1. The molecule has 0 radical (unpaired) electrons. The quantitative estimate of drug-likeness (QED) is 0.470. The van der Waals surface area contributed by atoms with Crippen molar-refractivity contribution in [1.29, 1.82) is 0 Å². The Bertz CT molecular complexity index is 1100. The molecule has 0 aliphatic carbocycles. The lowest BCUT2D eigenvalue weighted by Crippen LogP contribution is -2.10. The normalized spacial score (nSPS) is 10.3. The minimum absolute atomic E-state index is 0.319. The number of nitrogens with one attached hydrogen (secondary N) is 3. The van der Waals surface area contributed by atoms with Gasteiger partial charge < -0.3 is 20.7 Å². The molecule has 2 heterocycles. The highest BCUT2D eigenvalue weighted by Crippen LogP contribution is 2.30. The Hall–Kier alpha value is -3.65. The van der Waals surface area contributed by atoms with E-state index in [1.165, 1.54) is 12.3 Å². The fraction of sp³-hybridized carbons (Fsp3) is 0.143. The lowest BCUT2D eigenvalue weighted by atomic mass is 10.2. The SMILES string of the molecule is C=CC(=O)Nc1cc(C)ccc1Nc1nc(Nc2cc(OC)cnc2C)ncc1Cl. The van der Waals surface area contributed by atoms with Crippen LogP contribution in [0.25, 0.3) is 0 Å². The number of nitrogens with zero attached hydrogens (tertiary/aromatic N) is 3. The Balaban J connectivity index is 1.90.